The number of nitrogens with zero attached hydrogens (tertiary/aromatic N) is 2. The van der Waals surface area contributed by atoms with Crippen LogP contribution in [0.5, 0.6) is 0 Å². The van der Waals surface area contributed by atoms with E-state index >= 15 is 0 Å². The van der Waals surface area contributed by atoms with Crippen molar-refractivity contribution in [2.75, 3.05) is 31.1 Å². The summed E-state index contributed by atoms with van der Waals surface area (Å²) in [5, 5.41) is 11.3. The molecule has 0 radical (unpaired) electrons. The number of amides is 1. The summed E-state index contributed by atoms with van der Waals surface area (Å²) in [7, 11) is 0. The molecule has 1 aliphatic rings. The Morgan fingerprint density at radius 2 is 1.50 bits per heavy atom. The zero-order chi connectivity index (χ0) is 19.7. The lowest BCUT2D eigenvalue weighted by molar-refractivity contribution is 0.0695. The van der Waals surface area contributed by atoms with E-state index in [0.717, 1.165) is 35.1 Å². The van der Waals surface area contributed by atoms with Gasteiger partial charge in [0.2, 0.25) is 0 Å². The third-order valence-electron chi connectivity index (χ3n) is 5.35. The minimum Gasteiger partial charge on any atom is -0.478 e. The Bertz CT molecular complexity index is 1050. The first kappa shape index (κ1) is 18.0. The van der Waals surface area contributed by atoms with E-state index in [1.807, 2.05) is 60.4 Å². The number of aromatic carboxylic acids is 1. The average molecular weight is 374 g/mol. The number of rotatable bonds is 3. The molecule has 0 atom stereocenters. The van der Waals surface area contributed by atoms with Crippen LogP contribution in [0, 0.1) is 6.92 Å². The third kappa shape index (κ3) is 3.43. The summed E-state index contributed by atoms with van der Waals surface area (Å²) in [5.74, 6) is -0.858. The second-order valence-corrected chi connectivity index (χ2v) is 7.15. The largest absolute Gasteiger partial charge is 0.478 e. The lowest BCUT2D eigenvalue weighted by Gasteiger charge is -2.37. The summed E-state index contributed by atoms with van der Waals surface area (Å²) < 4.78 is 0. The maximum absolute atomic E-state index is 12.9. The first-order valence-electron chi connectivity index (χ1n) is 9.40. The van der Waals surface area contributed by atoms with Gasteiger partial charge in [-0.2, -0.15) is 0 Å². The van der Waals surface area contributed by atoms with Gasteiger partial charge in [0.15, 0.2) is 0 Å². The highest BCUT2D eigenvalue weighted by Crippen LogP contribution is 2.24. The SMILES string of the molecule is Cc1cc(C(=O)O)ccc1N1CCN(C(=O)c2ccc3ccccc3c2)CC1. The number of aryl methyl sites for hydroxylation is 1. The fourth-order valence-corrected chi connectivity index (χ4v) is 3.80. The van der Waals surface area contributed by atoms with Crippen LogP contribution in [-0.2, 0) is 0 Å². The van der Waals surface area contributed by atoms with Gasteiger partial charge >= 0.3 is 5.97 Å². The molecule has 5 nitrogen and oxygen atoms in total. The van der Waals surface area contributed by atoms with Crippen molar-refractivity contribution in [2.45, 2.75) is 6.92 Å². The van der Waals surface area contributed by atoms with Crippen molar-refractivity contribution in [3.63, 3.8) is 0 Å². The van der Waals surface area contributed by atoms with Crippen molar-refractivity contribution in [3.8, 4) is 0 Å². The van der Waals surface area contributed by atoms with Gasteiger partial charge in [-0.05, 0) is 53.6 Å². The van der Waals surface area contributed by atoms with Crippen molar-refractivity contribution < 1.29 is 14.7 Å². The normalized spacial score (nSPS) is 14.3. The maximum atomic E-state index is 12.9. The van der Waals surface area contributed by atoms with Gasteiger partial charge in [-0.25, -0.2) is 4.79 Å². The second kappa shape index (κ2) is 7.35. The molecule has 0 bridgehead atoms. The molecule has 142 valence electrons. The molecule has 0 saturated carbocycles. The molecule has 3 aromatic rings. The van der Waals surface area contributed by atoms with E-state index in [0.29, 0.717) is 24.2 Å². The zero-order valence-corrected chi connectivity index (χ0v) is 15.8. The number of benzene rings is 3. The number of carboxylic acid groups (broad SMARTS) is 1. The van der Waals surface area contributed by atoms with Crippen molar-refractivity contribution >= 4 is 28.3 Å². The van der Waals surface area contributed by atoms with Crippen LogP contribution in [0.1, 0.15) is 26.3 Å². The monoisotopic (exact) mass is 374 g/mol. The fourth-order valence-electron chi connectivity index (χ4n) is 3.80. The minimum atomic E-state index is -0.916. The van der Waals surface area contributed by atoms with Gasteiger partial charge in [0.25, 0.3) is 5.91 Å². The molecular weight excluding hydrogens is 352 g/mol. The Hall–Kier alpha value is -3.34. The number of carbonyl (C=O) groups excluding carboxylic acids is 1. The summed E-state index contributed by atoms with van der Waals surface area (Å²) in [4.78, 5) is 28.1. The van der Waals surface area contributed by atoms with Crippen LogP contribution in [0.15, 0.2) is 60.7 Å². The average Bonchev–Trinajstić information content (AvgIpc) is 2.73. The molecule has 1 N–H and O–H groups in total. The van der Waals surface area contributed by atoms with Gasteiger partial charge in [-0.3, -0.25) is 4.79 Å². The van der Waals surface area contributed by atoms with Gasteiger partial charge in [0.05, 0.1) is 5.56 Å². The van der Waals surface area contributed by atoms with E-state index in [2.05, 4.69) is 4.90 Å². The minimum absolute atomic E-state index is 0.0587. The molecule has 1 aliphatic heterocycles. The van der Waals surface area contributed by atoms with Gasteiger partial charge in [0, 0.05) is 37.4 Å². The molecule has 5 heteroatoms. The Kier molecular flexibility index (Phi) is 4.74. The van der Waals surface area contributed by atoms with Gasteiger partial charge in [-0.15, -0.1) is 0 Å². The second-order valence-electron chi connectivity index (χ2n) is 7.15. The Morgan fingerprint density at radius 1 is 0.821 bits per heavy atom. The van der Waals surface area contributed by atoms with E-state index in [1.165, 1.54) is 0 Å². The predicted octanol–water partition coefficient (Wildman–Crippen LogP) is 3.81. The molecule has 0 unspecified atom stereocenters. The molecule has 4 rings (SSSR count). The number of hydrogen-bond acceptors (Lipinski definition) is 3. The van der Waals surface area contributed by atoms with E-state index in [1.54, 1.807) is 12.1 Å². The smallest absolute Gasteiger partial charge is 0.335 e. The highest BCUT2D eigenvalue weighted by atomic mass is 16.4. The molecule has 0 spiro atoms. The van der Waals surface area contributed by atoms with Crippen LogP contribution in [0.2, 0.25) is 0 Å². The number of fused-ring (bicyclic) bond motifs is 1. The van der Waals surface area contributed by atoms with Crippen molar-refractivity contribution in [1.29, 1.82) is 0 Å². The molecular formula is C23H22N2O3. The summed E-state index contributed by atoms with van der Waals surface area (Å²) >= 11 is 0. The lowest BCUT2D eigenvalue weighted by Crippen LogP contribution is -2.49. The Labute approximate surface area is 163 Å². The molecule has 0 aromatic heterocycles. The van der Waals surface area contributed by atoms with Crippen LogP contribution in [0.3, 0.4) is 0 Å². The van der Waals surface area contributed by atoms with Crippen LogP contribution in [-0.4, -0.2) is 48.1 Å². The molecule has 3 aromatic carbocycles. The molecule has 1 heterocycles. The van der Waals surface area contributed by atoms with Gasteiger partial charge in [0.1, 0.15) is 0 Å². The lowest BCUT2D eigenvalue weighted by atomic mass is 10.1. The number of hydrogen-bond donors (Lipinski definition) is 1. The molecule has 1 saturated heterocycles. The van der Waals surface area contributed by atoms with Crippen LogP contribution >= 0.6 is 0 Å². The first-order chi connectivity index (χ1) is 13.5. The van der Waals surface area contributed by atoms with Crippen molar-refractivity contribution in [2.24, 2.45) is 0 Å². The summed E-state index contributed by atoms with van der Waals surface area (Å²) in [6.45, 7) is 4.67. The highest BCUT2D eigenvalue weighted by Gasteiger charge is 2.23. The van der Waals surface area contributed by atoms with E-state index < -0.39 is 5.97 Å². The zero-order valence-electron chi connectivity index (χ0n) is 15.8. The Balaban J connectivity index is 1.46. The van der Waals surface area contributed by atoms with Gasteiger partial charge < -0.3 is 14.9 Å². The first-order valence-corrected chi connectivity index (χ1v) is 9.40. The Morgan fingerprint density at radius 3 is 2.18 bits per heavy atom. The standard InChI is InChI=1S/C23H22N2O3/c1-16-14-20(23(27)28)8-9-21(16)24-10-12-25(13-11-24)22(26)19-7-6-17-4-2-3-5-18(17)15-19/h2-9,14-15H,10-13H2,1H3,(H,27,28). The fraction of sp³-hybridized carbons (Fsp3) is 0.217. The van der Waals surface area contributed by atoms with E-state index in [9.17, 15) is 9.59 Å². The summed E-state index contributed by atoms with van der Waals surface area (Å²) in [6.07, 6.45) is 0. The van der Waals surface area contributed by atoms with Gasteiger partial charge in [-0.1, -0.05) is 30.3 Å². The van der Waals surface area contributed by atoms with E-state index in [4.69, 9.17) is 5.11 Å². The topological polar surface area (TPSA) is 60.9 Å². The molecule has 1 amide bonds. The summed E-state index contributed by atoms with van der Waals surface area (Å²) in [6, 6.07) is 19.1. The van der Waals surface area contributed by atoms with Crippen LogP contribution < -0.4 is 4.90 Å². The quantitative estimate of drug-likeness (QED) is 0.757. The summed E-state index contributed by atoms with van der Waals surface area (Å²) in [5.41, 5.74) is 2.98. The van der Waals surface area contributed by atoms with Crippen LogP contribution in [0.4, 0.5) is 5.69 Å². The maximum Gasteiger partial charge on any atom is 0.335 e. The number of carboxylic acids is 1. The van der Waals surface area contributed by atoms with Crippen molar-refractivity contribution in [3.05, 3.63) is 77.4 Å². The molecule has 1 fully saturated rings. The van der Waals surface area contributed by atoms with Crippen LogP contribution in [0.25, 0.3) is 10.8 Å². The predicted molar refractivity (Wildman–Crippen MR) is 110 cm³/mol. The third-order valence-corrected chi connectivity index (χ3v) is 5.35. The number of anilines is 1. The number of piperazine rings is 1. The molecule has 28 heavy (non-hydrogen) atoms. The van der Waals surface area contributed by atoms with E-state index in [-0.39, 0.29) is 5.91 Å². The molecule has 0 aliphatic carbocycles. The number of carbonyl (C=O) groups is 2. The van der Waals surface area contributed by atoms with Crippen molar-refractivity contribution in [1.82, 2.24) is 4.90 Å². The highest BCUT2D eigenvalue weighted by molar-refractivity contribution is 5.98.